The van der Waals surface area contributed by atoms with Crippen LogP contribution in [0.5, 0.6) is 0 Å². The van der Waals surface area contributed by atoms with Crippen molar-refractivity contribution in [1.29, 1.82) is 0 Å². The highest BCUT2D eigenvalue weighted by molar-refractivity contribution is 5.95. The number of hydrogen-bond acceptors (Lipinski definition) is 3. The molecule has 0 bridgehead atoms. The van der Waals surface area contributed by atoms with E-state index < -0.39 is 0 Å². The minimum absolute atomic E-state index is 0.0625. The van der Waals surface area contributed by atoms with Gasteiger partial charge >= 0.3 is 0 Å². The van der Waals surface area contributed by atoms with Crippen LogP contribution in [0.2, 0.25) is 0 Å². The smallest absolute Gasteiger partial charge is 0.254 e. The Morgan fingerprint density at radius 1 is 1.11 bits per heavy atom. The molecule has 3 aromatic rings. The second-order valence-corrected chi connectivity index (χ2v) is 7.63. The molecule has 0 aliphatic heterocycles. The van der Waals surface area contributed by atoms with E-state index in [4.69, 9.17) is 0 Å². The third kappa shape index (κ3) is 3.09. The number of nitrogens with zero attached hydrogens (tertiary/aromatic N) is 3. The first kappa shape index (κ1) is 17.1. The second kappa shape index (κ2) is 6.86. The summed E-state index contributed by atoms with van der Waals surface area (Å²) in [7, 11) is 0. The Balaban J connectivity index is 1.39. The first-order valence-corrected chi connectivity index (χ1v) is 9.75. The zero-order chi connectivity index (χ0) is 19.1. The fourth-order valence-corrected chi connectivity index (χ4v) is 4.13. The number of carbonyl (C=O) groups excluding carboxylic acids is 1. The van der Waals surface area contributed by atoms with Crippen molar-refractivity contribution in [2.75, 3.05) is 0 Å². The predicted octanol–water partition coefficient (Wildman–Crippen LogP) is 3.77. The maximum absolute atomic E-state index is 14.0. The van der Waals surface area contributed by atoms with E-state index in [1.807, 2.05) is 6.20 Å². The van der Waals surface area contributed by atoms with Crippen LogP contribution in [0.15, 0.2) is 48.8 Å². The number of hydrogen-bond donors (Lipinski definition) is 1. The van der Waals surface area contributed by atoms with E-state index in [2.05, 4.69) is 20.1 Å². The lowest BCUT2D eigenvalue weighted by Gasteiger charge is -2.34. The van der Waals surface area contributed by atoms with Gasteiger partial charge < -0.3 is 4.90 Å². The van der Waals surface area contributed by atoms with Crippen molar-refractivity contribution in [3.63, 3.8) is 0 Å². The predicted molar refractivity (Wildman–Crippen MR) is 103 cm³/mol. The quantitative estimate of drug-likeness (QED) is 0.754. The highest BCUT2D eigenvalue weighted by Crippen LogP contribution is 2.34. The van der Waals surface area contributed by atoms with Crippen LogP contribution in [0.3, 0.4) is 0 Å². The van der Waals surface area contributed by atoms with Crippen molar-refractivity contribution >= 4 is 5.91 Å². The number of aryl methyl sites for hydroxylation is 1. The average molecular weight is 376 g/mol. The second-order valence-electron chi connectivity index (χ2n) is 7.63. The van der Waals surface area contributed by atoms with Gasteiger partial charge in [0.05, 0.1) is 6.20 Å². The van der Waals surface area contributed by atoms with Gasteiger partial charge in [-0.1, -0.05) is 12.1 Å². The van der Waals surface area contributed by atoms with Crippen LogP contribution < -0.4 is 0 Å². The van der Waals surface area contributed by atoms with Gasteiger partial charge in [-0.05, 0) is 61.9 Å². The summed E-state index contributed by atoms with van der Waals surface area (Å²) in [5.41, 5.74) is 4.04. The van der Waals surface area contributed by atoms with Crippen LogP contribution >= 0.6 is 0 Å². The maximum Gasteiger partial charge on any atom is 0.254 e. The van der Waals surface area contributed by atoms with E-state index in [0.29, 0.717) is 22.9 Å². The molecule has 1 amide bonds. The standard InChI is InChI=1S/C22H21FN4O/c23-19-2-1-11-24-21(19)14-3-5-15(6-4-14)22(28)27(17-7-8-17)18-9-10-20-16(12-18)13-25-26-20/h1-6,11,13,17-18H,7-10,12H2,(H,25,26). The van der Waals surface area contributed by atoms with E-state index in [9.17, 15) is 9.18 Å². The fourth-order valence-electron chi connectivity index (χ4n) is 4.13. The highest BCUT2D eigenvalue weighted by atomic mass is 19.1. The van der Waals surface area contributed by atoms with Crippen LogP contribution in [0.4, 0.5) is 4.39 Å². The van der Waals surface area contributed by atoms with Crippen molar-refractivity contribution in [3.8, 4) is 11.3 Å². The van der Waals surface area contributed by atoms with Gasteiger partial charge in [-0.15, -0.1) is 0 Å². The molecule has 1 N–H and O–H groups in total. The summed E-state index contributed by atoms with van der Waals surface area (Å²) >= 11 is 0. The summed E-state index contributed by atoms with van der Waals surface area (Å²) in [5.74, 6) is -0.299. The van der Waals surface area contributed by atoms with Gasteiger partial charge in [0, 0.05) is 35.1 Å². The minimum Gasteiger partial charge on any atom is -0.332 e. The number of halogens is 1. The molecule has 0 saturated heterocycles. The Morgan fingerprint density at radius 2 is 1.93 bits per heavy atom. The van der Waals surface area contributed by atoms with Crippen LogP contribution in [0, 0.1) is 5.82 Å². The zero-order valence-corrected chi connectivity index (χ0v) is 15.4. The Morgan fingerprint density at radius 3 is 2.68 bits per heavy atom. The molecule has 2 heterocycles. The molecule has 2 aliphatic carbocycles. The summed E-state index contributed by atoms with van der Waals surface area (Å²) in [6.07, 6.45) is 8.32. The summed E-state index contributed by atoms with van der Waals surface area (Å²) in [4.78, 5) is 19.5. The van der Waals surface area contributed by atoms with Gasteiger partial charge in [0.25, 0.3) is 5.91 Å². The van der Waals surface area contributed by atoms with Crippen LogP contribution in [-0.2, 0) is 12.8 Å². The van der Waals surface area contributed by atoms with Gasteiger partial charge in [0.2, 0.25) is 0 Å². The monoisotopic (exact) mass is 376 g/mol. The number of aromatic amines is 1. The topological polar surface area (TPSA) is 61.9 Å². The number of benzene rings is 1. The number of rotatable bonds is 4. The number of H-pyrrole nitrogens is 1. The van der Waals surface area contributed by atoms with Crippen molar-refractivity contribution in [1.82, 2.24) is 20.1 Å². The lowest BCUT2D eigenvalue weighted by atomic mass is 9.91. The lowest BCUT2D eigenvalue weighted by Crippen LogP contribution is -2.44. The summed E-state index contributed by atoms with van der Waals surface area (Å²) in [6, 6.07) is 10.6. The molecule has 1 saturated carbocycles. The third-order valence-corrected chi connectivity index (χ3v) is 5.72. The van der Waals surface area contributed by atoms with Gasteiger partial charge in [-0.25, -0.2) is 4.39 Å². The molecule has 1 aromatic carbocycles. The average Bonchev–Trinajstić information content (AvgIpc) is 3.44. The van der Waals surface area contributed by atoms with Crippen molar-refractivity contribution < 1.29 is 9.18 Å². The summed E-state index contributed by atoms with van der Waals surface area (Å²) in [6.45, 7) is 0. The number of carbonyl (C=O) groups is 1. The zero-order valence-electron chi connectivity index (χ0n) is 15.4. The number of pyridine rings is 1. The Hall–Kier alpha value is -3.02. The third-order valence-electron chi connectivity index (χ3n) is 5.72. The SMILES string of the molecule is O=C(c1ccc(-c2ncccc2F)cc1)N(C1CC1)C1CCc2[nH]ncc2C1. The molecule has 1 atom stereocenters. The number of fused-ring (bicyclic) bond motifs is 1. The molecule has 2 aliphatic rings. The summed E-state index contributed by atoms with van der Waals surface area (Å²) < 4.78 is 14.0. The molecular formula is C22H21FN4O. The molecule has 2 aromatic heterocycles. The first-order valence-electron chi connectivity index (χ1n) is 9.75. The molecule has 0 radical (unpaired) electrons. The van der Waals surface area contributed by atoms with E-state index in [1.165, 1.54) is 17.3 Å². The van der Waals surface area contributed by atoms with Gasteiger partial charge in [0.1, 0.15) is 11.5 Å². The summed E-state index contributed by atoms with van der Waals surface area (Å²) in [5, 5.41) is 7.20. The molecular weight excluding hydrogens is 355 g/mol. The van der Waals surface area contributed by atoms with E-state index >= 15 is 0 Å². The van der Waals surface area contributed by atoms with Crippen molar-refractivity contribution in [2.24, 2.45) is 0 Å². The van der Waals surface area contributed by atoms with E-state index in [0.717, 1.165) is 32.1 Å². The van der Waals surface area contributed by atoms with Crippen LogP contribution in [0.25, 0.3) is 11.3 Å². The molecule has 1 fully saturated rings. The molecule has 6 heteroatoms. The molecule has 5 nitrogen and oxygen atoms in total. The van der Waals surface area contributed by atoms with Crippen molar-refractivity contribution in [2.45, 2.75) is 44.2 Å². The Labute approximate surface area is 162 Å². The molecule has 142 valence electrons. The minimum atomic E-state index is -0.362. The fraction of sp³-hybridized carbons (Fsp3) is 0.318. The van der Waals surface area contributed by atoms with Gasteiger partial charge in [-0.3, -0.25) is 14.9 Å². The largest absolute Gasteiger partial charge is 0.332 e. The molecule has 1 unspecified atom stereocenters. The van der Waals surface area contributed by atoms with Gasteiger partial charge in [0.15, 0.2) is 0 Å². The Bertz CT molecular complexity index is 1010. The highest BCUT2D eigenvalue weighted by Gasteiger charge is 2.39. The lowest BCUT2D eigenvalue weighted by molar-refractivity contribution is 0.0643. The maximum atomic E-state index is 14.0. The van der Waals surface area contributed by atoms with E-state index in [-0.39, 0.29) is 17.8 Å². The van der Waals surface area contributed by atoms with Crippen LogP contribution in [0.1, 0.15) is 40.9 Å². The first-order chi connectivity index (χ1) is 13.7. The number of amides is 1. The Kier molecular flexibility index (Phi) is 4.19. The van der Waals surface area contributed by atoms with Gasteiger partial charge in [-0.2, -0.15) is 5.10 Å². The molecule has 0 spiro atoms. The van der Waals surface area contributed by atoms with E-state index in [1.54, 1.807) is 36.5 Å². The number of aromatic nitrogens is 3. The van der Waals surface area contributed by atoms with Crippen LogP contribution in [-0.4, -0.2) is 38.1 Å². The van der Waals surface area contributed by atoms with Crippen molar-refractivity contribution in [3.05, 3.63) is 71.4 Å². The molecule has 5 rings (SSSR count). The number of nitrogens with one attached hydrogen (secondary N) is 1. The normalized spacial score (nSPS) is 18.5. The molecule has 28 heavy (non-hydrogen) atoms.